The summed E-state index contributed by atoms with van der Waals surface area (Å²) in [5.41, 5.74) is 2.49. The van der Waals surface area contributed by atoms with E-state index in [9.17, 15) is 18.7 Å². The van der Waals surface area contributed by atoms with Gasteiger partial charge < -0.3 is 10.4 Å². The summed E-state index contributed by atoms with van der Waals surface area (Å²) < 4.78 is 34.3. The van der Waals surface area contributed by atoms with E-state index in [4.69, 9.17) is 0 Å². The third-order valence-electron chi connectivity index (χ3n) is 5.55. The number of benzene rings is 3. The molecule has 1 heterocycles. The molecule has 8 nitrogen and oxygen atoms in total. The Morgan fingerprint density at radius 1 is 1.14 bits per heavy atom. The summed E-state index contributed by atoms with van der Waals surface area (Å²) in [6.07, 6.45) is -0.557. The second kappa shape index (κ2) is 12.5. The van der Waals surface area contributed by atoms with Gasteiger partial charge in [0.1, 0.15) is 5.69 Å². The standard InChI is InChI=1S/C25H22BrIN4O4S2/c1-15(23(32)17-8-5-9-18(26)13-17)28-25(33)20-11-10-19(27)14-22(20)31(37(34)35)24-21(29-36-30-24)12-16-6-3-2-4-7-16/h2-11,13-15,23,32H,12H2,1H3,(H,28,33)(H,34,35). The lowest BCUT2D eigenvalue weighted by atomic mass is 10.0. The molecule has 1 amide bonds. The second-order valence-corrected chi connectivity index (χ2v) is 11.7. The largest absolute Gasteiger partial charge is 0.386 e. The fourth-order valence-electron chi connectivity index (χ4n) is 3.74. The molecule has 37 heavy (non-hydrogen) atoms. The Kier molecular flexibility index (Phi) is 9.42. The maximum atomic E-state index is 13.4. The van der Waals surface area contributed by atoms with E-state index in [-0.39, 0.29) is 17.1 Å². The second-order valence-electron chi connectivity index (χ2n) is 8.15. The van der Waals surface area contributed by atoms with Gasteiger partial charge >= 0.3 is 0 Å². The normalized spacial score (nSPS) is 13.5. The molecule has 0 aliphatic heterocycles. The molecule has 0 fully saturated rings. The average molecular weight is 713 g/mol. The molecule has 0 aliphatic rings. The molecule has 0 saturated carbocycles. The first-order chi connectivity index (χ1) is 17.7. The van der Waals surface area contributed by atoms with Crippen molar-refractivity contribution in [1.29, 1.82) is 0 Å². The van der Waals surface area contributed by atoms with Crippen LogP contribution in [-0.4, -0.2) is 34.6 Å². The summed E-state index contributed by atoms with van der Waals surface area (Å²) in [5.74, 6) is -0.302. The zero-order valence-corrected chi connectivity index (χ0v) is 24.8. The molecule has 0 bridgehead atoms. The summed E-state index contributed by atoms with van der Waals surface area (Å²) >= 11 is 3.86. The molecule has 3 aromatic carbocycles. The number of nitrogens with zero attached hydrogens (tertiary/aromatic N) is 3. The van der Waals surface area contributed by atoms with Crippen molar-refractivity contribution in [3.63, 3.8) is 0 Å². The number of carbonyl (C=O) groups is 1. The summed E-state index contributed by atoms with van der Waals surface area (Å²) in [6.45, 7) is 1.69. The third kappa shape index (κ3) is 6.81. The van der Waals surface area contributed by atoms with Gasteiger partial charge in [-0.05, 0) is 71.0 Å². The molecular formula is C25H22BrIN4O4S2. The van der Waals surface area contributed by atoms with Crippen LogP contribution in [0.5, 0.6) is 0 Å². The molecule has 1 aromatic heterocycles. The van der Waals surface area contributed by atoms with Crippen LogP contribution in [0.1, 0.15) is 40.2 Å². The Hall–Kier alpha value is -2.23. The van der Waals surface area contributed by atoms with E-state index in [0.717, 1.165) is 29.6 Å². The van der Waals surface area contributed by atoms with Crippen LogP contribution in [0.15, 0.2) is 77.3 Å². The minimum atomic E-state index is -2.54. The number of aliphatic hydroxyl groups is 1. The number of aromatic nitrogens is 2. The van der Waals surface area contributed by atoms with Gasteiger partial charge in [0.25, 0.3) is 17.2 Å². The van der Waals surface area contributed by atoms with Crippen molar-refractivity contribution >= 4 is 78.9 Å². The highest BCUT2D eigenvalue weighted by Gasteiger charge is 2.28. The molecule has 0 radical (unpaired) electrons. The van der Waals surface area contributed by atoms with Crippen molar-refractivity contribution in [3.05, 3.63) is 103 Å². The van der Waals surface area contributed by atoms with Crippen LogP contribution in [0, 0.1) is 3.57 Å². The van der Waals surface area contributed by atoms with Crippen LogP contribution < -0.4 is 9.62 Å². The Morgan fingerprint density at radius 3 is 2.59 bits per heavy atom. The van der Waals surface area contributed by atoms with Crippen LogP contribution in [0.25, 0.3) is 0 Å². The highest BCUT2D eigenvalue weighted by molar-refractivity contribution is 14.1. The number of anilines is 2. The van der Waals surface area contributed by atoms with Crippen molar-refractivity contribution in [1.82, 2.24) is 14.1 Å². The van der Waals surface area contributed by atoms with Gasteiger partial charge in [-0.3, -0.25) is 9.35 Å². The molecule has 3 unspecified atom stereocenters. The average Bonchev–Trinajstić information content (AvgIpc) is 3.31. The van der Waals surface area contributed by atoms with Crippen LogP contribution in [-0.2, 0) is 17.7 Å². The number of halogens is 2. The van der Waals surface area contributed by atoms with Gasteiger partial charge in [-0.15, -0.1) is 0 Å². The molecule has 3 N–H and O–H groups in total. The molecule has 0 saturated heterocycles. The van der Waals surface area contributed by atoms with E-state index in [1.807, 2.05) is 36.4 Å². The Morgan fingerprint density at radius 2 is 1.89 bits per heavy atom. The molecular weight excluding hydrogens is 691 g/mol. The van der Waals surface area contributed by atoms with Gasteiger partial charge in [0.15, 0.2) is 5.82 Å². The lowest BCUT2D eigenvalue weighted by Crippen LogP contribution is -2.38. The zero-order valence-electron chi connectivity index (χ0n) is 19.4. The van der Waals surface area contributed by atoms with E-state index in [0.29, 0.717) is 17.7 Å². The molecule has 4 aromatic rings. The first kappa shape index (κ1) is 27.8. The predicted molar refractivity (Wildman–Crippen MR) is 157 cm³/mol. The molecule has 192 valence electrons. The number of carbonyl (C=O) groups excluding carboxylic acids is 1. The number of amides is 1. The lowest BCUT2D eigenvalue weighted by molar-refractivity contribution is 0.0852. The van der Waals surface area contributed by atoms with Crippen LogP contribution in [0.4, 0.5) is 11.5 Å². The quantitative estimate of drug-likeness (QED) is 0.153. The van der Waals surface area contributed by atoms with Crippen molar-refractivity contribution in [2.45, 2.75) is 25.5 Å². The third-order valence-corrected chi connectivity index (χ3v) is 7.95. The fourth-order valence-corrected chi connectivity index (χ4v) is 5.84. The SMILES string of the molecule is CC(NC(=O)c1ccc(I)cc1N(c1nsnc1Cc1ccccc1)S(=O)O)C(O)c1cccc(Br)c1. The number of nitrogens with one attached hydrogen (secondary N) is 1. The molecule has 4 rings (SSSR count). The predicted octanol–water partition coefficient (Wildman–Crippen LogP) is 5.62. The van der Waals surface area contributed by atoms with E-state index >= 15 is 0 Å². The maximum absolute atomic E-state index is 13.4. The summed E-state index contributed by atoms with van der Waals surface area (Å²) in [5, 5.41) is 13.6. The minimum absolute atomic E-state index is 0.162. The highest BCUT2D eigenvalue weighted by atomic mass is 127. The Labute approximate surface area is 243 Å². The number of aliphatic hydroxyl groups excluding tert-OH is 1. The van der Waals surface area contributed by atoms with Gasteiger partial charge in [0, 0.05) is 14.5 Å². The molecule has 0 spiro atoms. The number of hydrogen-bond acceptors (Lipinski definition) is 6. The lowest BCUT2D eigenvalue weighted by Gasteiger charge is -2.24. The van der Waals surface area contributed by atoms with Gasteiger partial charge in [-0.2, -0.15) is 8.75 Å². The van der Waals surface area contributed by atoms with Gasteiger partial charge in [0.2, 0.25) is 0 Å². The molecule has 3 atom stereocenters. The molecule has 0 aliphatic carbocycles. The van der Waals surface area contributed by atoms with Crippen molar-refractivity contribution in [2.75, 3.05) is 4.31 Å². The van der Waals surface area contributed by atoms with Crippen LogP contribution >= 0.6 is 50.2 Å². The summed E-state index contributed by atoms with van der Waals surface area (Å²) in [4.78, 5) is 13.4. The Bertz CT molecular complexity index is 1420. The number of hydrogen-bond donors (Lipinski definition) is 3. The monoisotopic (exact) mass is 712 g/mol. The van der Waals surface area contributed by atoms with Crippen molar-refractivity contribution in [3.8, 4) is 0 Å². The fraction of sp³-hybridized carbons (Fsp3) is 0.160. The highest BCUT2D eigenvalue weighted by Crippen LogP contribution is 2.34. The smallest absolute Gasteiger partial charge is 0.268 e. The zero-order chi connectivity index (χ0) is 26.5. The minimum Gasteiger partial charge on any atom is -0.386 e. The van der Waals surface area contributed by atoms with Crippen molar-refractivity contribution < 1.29 is 18.7 Å². The first-order valence-corrected chi connectivity index (χ1v) is 14.7. The van der Waals surface area contributed by atoms with E-state index in [1.165, 1.54) is 0 Å². The van der Waals surface area contributed by atoms with Crippen molar-refractivity contribution in [2.24, 2.45) is 0 Å². The summed E-state index contributed by atoms with van der Waals surface area (Å²) in [6, 6.07) is 21.1. The van der Waals surface area contributed by atoms with E-state index in [2.05, 4.69) is 52.6 Å². The summed E-state index contributed by atoms with van der Waals surface area (Å²) in [7, 11) is 0. The van der Waals surface area contributed by atoms with Crippen LogP contribution in [0.3, 0.4) is 0 Å². The van der Waals surface area contributed by atoms with E-state index in [1.54, 1.807) is 43.3 Å². The van der Waals surface area contributed by atoms with Crippen LogP contribution in [0.2, 0.25) is 0 Å². The first-order valence-electron chi connectivity index (χ1n) is 11.0. The van der Waals surface area contributed by atoms with Gasteiger partial charge in [-0.25, -0.2) is 8.51 Å². The van der Waals surface area contributed by atoms with E-state index < -0.39 is 29.3 Å². The topological polar surface area (TPSA) is 116 Å². The maximum Gasteiger partial charge on any atom is 0.268 e. The van der Waals surface area contributed by atoms with Gasteiger partial charge in [-0.1, -0.05) is 58.4 Å². The molecule has 12 heteroatoms. The van der Waals surface area contributed by atoms with Gasteiger partial charge in [0.05, 0.1) is 35.1 Å². The number of rotatable bonds is 9. The Balaban J connectivity index is 1.66.